The SMILES string of the molecule is C=CC[C@@H](COC=C)OCc1ccccc1. The molecule has 0 aliphatic heterocycles. The molecule has 86 valence electrons. The van der Waals surface area contributed by atoms with E-state index in [1.165, 1.54) is 6.26 Å². The van der Waals surface area contributed by atoms with Crippen molar-refractivity contribution in [3.63, 3.8) is 0 Å². The van der Waals surface area contributed by atoms with Crippen LogP contribution in [0.3, 0.4) is 0 Å². The molecule has 0 radical (unpaired) electrons. The van der Waals surface area contributed by atoms with Crippen LogP contribution in [0, 0.1) is 0 Å². The fourth-order valence-corrected chi connectivity index (χ4v) is 1.33. The molecule has 0 aromatic heterocycles. The van der Waals surface area contributed by atoms with Crippen molar-refractivity contribution in [2.24, 2.45) is 0 Å². The minimum atomic E-state index is 0.0377. The van der Waals surface area contributed by atoms with Gasteiger partial charge in [-0.3, -0.25) is 0 Å². The summed E-state index contributed by atoms with van der Waals surface area (Å²) in [4.78, 5) is 0. The molecule has 0 aliphatic rings. The van der Waals surface area contributed by atoms with Gasteiger partial charge in [0.2, 0.25) is 0 Å². The van der Waals surface area contributed by atoms with E-state index in [1.807, 2.05) is 36.4 Å². The second-order valence-corrected chi connectivity index (χ2v) is 3.44. The van der Waals surface area contributed by atoms with Gasteiger partial charge in [-0.2, -0.15) is 0 Å². The van der Waals surface area contributed by atoms with E-state index >= 15 is 0 Å². The summed E-state index contributed by atoms with van der Waals surface area (Å²) in [7, 11) is 0. The van der Waals surface area contributed by atoms with Gasteiger partial charge in [-0.25, -0.2) is 0 Å². The van der Waals surface area contributed by atoms with Gasteiger partial charge in [0, 0.05) is 0 Å². The Morgan fingerprint density at radius 1 is 1.19 bits per heavy atom. The van der Waals surface area contributed by atoms with Crippen LogP contribution in [0.4, 0.5) is 0 Å². The molecule has 0 heterocycles. The highest BCUT2D eigenvalue weighted by molar-refractivity contribution is 5.13. The topological polar surface area (TPSA) is 18.5 Å². The van der Waals surface area contributed by atoms with Crippen LogP contribution in [0.5, 0.6) is 0 Å². The molecule has 1 rings (SSSR count). The smallest absolute Gasteiger partial charge is 0.114 e. The molecule has 0 saturated heterocycles. The standard InChI is InChI=1S/C14H18O2/c1-3-8-14(12-15-4-2)16-11-13-9-6-5-7-10-13/h3-7,9-10,14H,1-2,8,11-12H2/t14-/m0/s1. The van der Waals surface area contributed by atoms with Crippen molar-refractivity contribution in [1.82, 2.24) is 0 Å². The normalized spacial score (nSPS) is 11.8. The number of hydrogen-bond donors (Lipinski definition) is 0. The molecule has 0 spiro atoms. The summed E-state index contributed by atoms with van der Waals surface area (Å²) < 4.78 is 10.9. The van der Waals surface area contributed by atoms with E-state index < -0.39 is 0 Å². The quantitative estimate of drug-likeness (QED) is 0.492. The predicted molar refractivity (Wildman–Crippen MR) is 66.0 cm³/mol. The molecule has 0 N–H and O–H groups in total. The Balaban J connectivity index is 2.36. The van der Waals surface area contributed by atoms with Crippen molar-refractivity contribution in [2.75, 3.05) is 6.61 Å². The van der Waals surface area contributed by atoms with E-state index in [0.717, 1.165) is 12.0 Å². The minimum Gasteiger partial charge on any atom is -0.499 e. The molecule has 0 aliphatic carbocycles. The third kappa shape index (κ3) is 4.80. The zero-order chi connectivity index (χ0) is 11.6. The van der Waals surface area contributed by atoms with Crippen molar-refractivity contribution in [3.05, 3.63) is 61.4 Å². The monoisotopic (exact) mass is 218 g/mol. The average molecular weight is 218 g/mol. The summed E-state index contributed by atoms with van der Waals surface area (Å²) in [6.45, 7) is 8.32. The molecule has 1 aromatic rings. The van der Waals surface area contributed by atoms with E-state index in [0.29, 0.717) is 13.2 Å². The first kappa shape index (κ1) is 12.5. The Hall–Kier alpha value is -1.54. The molecule has 2 nitrogen and oxygen atoms in total. The van der Waals surface area contributed by atoms with E-state index in [2.05, 4.69) is 13.2 Å². The van der Waals surface area contributed by atoms with Gasteiger partial charge in [0.05, 0.1) is 19.0 Å². The van der Waals surface area contributed by atoms with E-state index in [9.17, 15) is 0 Å². The third-order valence-electron chi connectivity index (χ3n) is 2.16. The first-order chi connectivity index (χ1) is 7.86. The minimum absolute atomic E-state index is 0.0377. The van der Waals surface area contributed by atoms with Gasteiger partial charge in [0.15, 0.2) is 0 Å². The second-order valence-electron chi connectivity index (χ2n) is 3.44. The summed E-state index contributed by atoms with van der Waals surface area (Å²) in [6.07, 6.45) is 4.08. The van der Waals surface area contributed by atoms with Crippen LogP contribution < -0.4 is 0 Å². The molecule has 0 saturated carbocycles. The zero-order valence-electron chi connectivity index (χ0n) is 9.47. The lowest BCUT2D eigenvalue weighted by Gasteiger charge is -2.15. The Labute approximate surface area is 97.2 Å². The number of hydrogen-bond acceptors (Lipinski definition) is 2. The zero-order valence-corrected chi connectivity index (χ0v) is 9.47. The third-order valence-corrected chi connectivity index (χ3v) is 2.16. The van der Waals surface area contributed by atoms with Crippen LogP contribution in [-0.4, -0.2) is 12.7 Å². The molecule has 0 bridgehead atoms. The summed E-state index contributed by atoms with van der Waals surface area (Å²) in [5, 5.41) is 0. The van der Waals surface area contributed by atoms with Crippen molar-refractivity contribution >= 4 is 0 Å². The van der Waals surface area contributed by atoms with Gasteiger partial charge in [0.1, 0.15) is 6.61 Å². The van der Waals surface area contributed by atoms with E-state index in [-0.39, 0.29) is 6.10 Å². The maximum Gasteiger partial charge on any atom is 0.114 e. The van der Waals surface area contributed by atoms with Crippen molar-refractivity contribution in [1.29, 1.82) is 0 Å². The van der Waals surface area contributed by atoms with Crippen molar-refractivity contribution < 1.29 is 9.47 Å². The average Bonchev–Trinajstić information content (AvgIpc) is 2.34. The Morgan fingerprint density at radius 3 is 2.56 bits per heavy atom. The lowest BCUT2D eigenvalue weighted by atomic mass is 10.2. The highest BCUT2D eigenvalue weighted by atomic mass is 16.5. The molecule has 0 amide bonds. The Kier molecular flexibility index (Phi) is 6.04. The van der Waals surface area contributed by atoms with Crippen LogP contribution >= 0.6 is 0 Å². The summed E-state index contributed by atoms with van der Waals surface area (Å²) >= 11 is 0. The van der Waals surface area contributed by atoms with Gasteiger partial charge in [-0.1, -0.05) is 43.0 Å². The number of rotatable bonds is 8. The van der Waals surface area contributed by atoms with E-state index in [4.69, 9.17) is 9.47 Å². The fraction of sp³-hybridized carbons (Fsp3) is 0.286. The molecule has 2 heteroatoms. The lowest BCUT2D eigenvalue weighted by Crippen LogP contribution is -2.17. The molecule has 1 aromatic carbocycles. The predicted octanol–water partition coefficient (Wildman–Crippen LogP) is 3.31. The van der Waals surface area contributed by atoms with Crippen LogP contribution in [0.1, 0.15) is 12.0 Å². The Bertz CT molecular complexity index is 306. The maximum atomic E-state index is 5.73. The number of ether oxygens (including phenoxy) is 2. The largest absolute Gasteiger partial charge is 0.499 e. The lowest BCUT2D eigenvalue weighted by molar-refractivity contribution is 0.000519. The molecular formula is C14H18O2. The summed E-state index contributed by atoms with van der Waals surface area (Å²) in [5.41, 5.74) is 1.16. The van der Waals surface area contributed by atoms with Crippen LogP contribution in [0.15, 0.2) is 55.8 Å². The highest BCUT2D eigenvalue weighted by Crippen LogP contribution is 2.07. The molecular weight excluding hydrogens is 200 g/mol. The van der Waals surface area contributed by atoms with Gasteiger partial charge < -0.3 is 9.47 Å². The summed E-state index contributed by atoms with van der Waals surface area (Å²) in [6, 6.07) is 10.1. The van der Waals surface area contributed by atoms with Gasteiger partial charge in [-0.05, 0) is 12.0 Å². The van der Waals surface area contributed by atoms with Crippen LogP contribution in [0.2, 0.25) is 0 Å². The first-order valence-corrected chi connectivity index (χ1v) is 5.35. The van der Waals surface area contributed by atoms with E-state index in [1.54, 1.807) is 0 Å². The Morgan fingerprint density at radius 2 is 1.94 bits per heavy atom. The molecule has 1 atom stereocenters. The first-order valence-electron chi connectivity index (χ1n) is 5.35. The van der Waals surface area contributed by atoms with Gasteiger partial charge in [-0.15, -0.1) is 6.58 Å². The van der Waals surface area contributed by atoms with Crippen LogP contribution in [-0.2, 0) is 16.1 Å². The molecule has 0 unspecified atom stereocenters. The van der Waals surface area contributed by atoms with Gasteiger partial charge >= 0.3 is 0 Å². The van der Waals surface area contributed by atoms with Crippen molar-refractivity contribution in [2.45, 2.75) is 19.1 Å². The van der Waals surface area contributed by atoms with Crippen LogP contribution in [0.25, 0.3) is 0 Å². The van der Waals surface area contributed by atoms with Gasteiger partial charge in [0.25, 0.3) is 0 Å². The number of benzene rings is 1. The summed E-state index contributed by atoms with van der Waals surface area (Å²) in [5.74, 6) is 0. The van der Waals surface area contributed by atoms with Crippen molar-refractivity contribution in [3.8, 4) is 0 Å². The molecule has 0 fully saturated rings. The fourth-order valence-electron chi connectivity index (χ4n) is 1.33. The highest BCUT2D eigenvalue weighted by Gasteiger charge is 2.07. The maximum absolute atomic E-state index is 5.73. The second kappa shape index (κ2) is 7.71. The molecule has 16 heavy (non-hydrogen) atoms.